The number of carbonyl (C=O) groups excluding carboxylic acids is 1. The lowest BCUT2D eigenvalue weighted by atomic mass is 10.2. The molecule has 0 fully saturated rings. The summed E-state index contributed by atoms with van der Waals surface area (Å²) in [4.78, 5) is 12.6. The second-order valence-corrected chi connectivity index (χ2v) is 4.47. The molecule has 0 saturated heterocycles. The third-order valence-corrected chi connectivity index (χ3v) is 3.20. The number of benzene rings is 1. The number of nitrogens with one attached hydrogen (secondary N) is 1. The van der Waals surface area contributed by atoms with E-state index in [0.29, 0.717) is 5.69 Å². The third-order valence-electron chi connectivity index (χ3n) is 2.24. The maximum Gasteiger partial charge on any atom is 0.246 e. The van der Waals surface area contributed by atoms with Gasteiger partial charge in [-0.05, 0) is 35.7 Å². The van der Waals surface area contributed by atoms with E-state index in [9.17, 15) is 9.18 Å². The number of hydrogen-bond acceptors (Lipinski definition) is 3. The number of anilines is 1. The highest BCUT2D eigenvalue weighted by atomic mass is 32.1. The zero-order valence-electron chi connectivity index (χ0n) is 8.89. The van der Waals surface area contributed by atoms with Crippen LogP contribution in [0.25, 0.3) is 0 Å². The number of hydrogen-bond donors (Lipinski definition) is 2. The van der Waals surface area contributed by atoms with E-state index in [1.165, 1.54) is 35.6 Å². The monoisotopic (exact) mass is 250 g/mol. The molecule has 0 saturated carbocycles. The van der Waals surface area contributed by atoms with Gasteiger partial charge in [0.05, 0.1) is 0 Å². The van der Waals surface area contributed by atoms with Crippen molar-refractivity contribution < 1.29 is 9.18 Å². The van der Waals surface area contributed by atoms with Gasteiger partial charge in [-0.25, -0.2) is 4.39 Å². The first-order valence-electron chi connectivity index (χ1n) is 5.02. The molecule has 88 valence electrons. The molecule has 1 unspecified atom stereocenters. The largest absolute Gasteiger partial charge is 0.324 e. The van der Waals surface area contributed by atoms with Crippen molar-refractivity contribution in [3.05, 3.63) is 52.5 Å². The van der Waals surface area contributed by atoms with Crippen LogP contribution < -0.4 is 11.1 Å². The number of nitrogens with two attached hydrogens (primary N) is 1. The minimum Gasteiger partial charge on any atom is -0.324 e. The topological polar surface area (TPSA) is 55.1 Å². The Morgan fingerprint density at radius 1 is 1.29 bits per heavy atom. The molecule has 2 rings (SSSR count). The summed E-state index contributed by atoms with van der Waals surface area (Å²) in [6, 6.07) is 8.51. The highest BCUT2D eigenvalue weighted by molar-refractivity contribution is 7.10. The summed E-state index contributed by atoms with van der Waals surface area (Å²) in [6.07, 6.45) is 0. The SMILES string of the molecule is NC(C(=O)Nc1ccc(F)cc1)c1cccs1. The molecule has 0 bridgehead atoms. The summed E-state index contributed by atoms with van der Waals surface area (Å²) in [6.45, 7) is 0. The highest BCUT2D eigenvalue weighted by Crippen LogP contribution is 2.18. The standard InChI is InChI=1S/C12H11FN2OS/c13-8-3-5-9(6-4-8)15-12(16)11(14)10-2-1-7-17-10/h1-7,11H,14H2,(H,15,16). The van der Waals surface area contributed by atoms with E-state index < -0.39 is 6.04 Å². The van der Waals surface area contributed by atoms with Gasteiger partial charge in [-0.15, -0.1) is 11.3 Å². The van der Waals surface area contributed by atoms with Crippen LogP contribution in [-0.2, 0) is 4.79 Å². The first-order valence-corrected chi connectivity index (χ1v) is 5.90. The summed E-state index contributed by atoms with van der Waals surface area (Å²) >= 11 is 1.43. The van der Waals surface area contributed by atoms with E-state index in [1.54, 1.807) is 6.07 Å². The van der Waals surface area contributed by atoms with Gasteiger partial charge in [0.1, 0.15) is 11.9 Å². The first kappa shape index (κ1) is 11.8. The van der Waals surface area contributed by atoms with Crippen molar-refractivity contribution in [3.63, 3.8) is 0 Å². The van der Waals surface area contributed by atoms with E-state index in [2.05, 4.69) is 5.32 Å². The predicted octanol–water partition coefficient (Wildman–Crippen LogP) is 2.53. The lowest BCUT2D eigenvalue weighted by Gasteiger charge is -2.10. The fourth-order valence-corrected chi connectivity index (χ4v) is 2.08. The van der Waals surface area contributed by atoms with Crippen LogP contribution >= 0.6 is 11.3 Å². The van der Waals surface area contributed by atoms with Gasteiger partial charge in [-0.1, -0.05) is 6.07 Å². The van der Waals surface area contributed by atoms with Crippen LogP contribution in [0.1, 0.15) is 10.9 Å². The molecular weight excluding hydrogens is 239 g/mol. The van der Waals surface area contributed by atoms with E-state index >= 15 is 0 Å². The Labute approximate surface area is 102 Å². The van der Waals surface area contributed by atoms with Gasteiger partial charge in [-0.3, -0.25) is 4.79 Å². The Kier molecular flexibility index (Phi) is 3.51. The molecule has 0 spiro atoms. The molecule has 5 heteroatoms. The van der Waals surface area contributed by atoms with Gasteiger partial charge in [0.2, 0.25) is 5.91 Å². The van der Waals surface area contributed by atoms with Crippen LogP contribution in [0.15, 0.2) is 41.8 Å². The van der Waals surface area contributed by atoms with Crippen LogP contribution in [0, 0.1) is 5.82 Å². The minimum absolute atomic E-state index is 0.306. The Hall–Kier alpha value is -1.72. The van der Waals surface area contributed by atoms with Crippen LogP contribution in [0.5, 0.6) is 0 Å². The van der Waals surface area contributed by atoms with Crippen molar-refractivity contribution >= 4 is 22.9 Å². The molecular formula is C12H11FN2OS. The molecule has 3 N–H and O–H groups in total. The molecule has 1 aromatic heterocycles. The summed E-state index contributed by atoms with van der Waals surface area (Å²) < 4.78 is 12.7. The molecule has 1 aromatic carbocycles. The number of thiophene rings is 1. The molecule has 1 heterocycles. The molecule has 0 radical (unpaired) electrons. The van der Waals surface area contributed by atoms with E-state index in [4.69, 9.17) is 5.73 Å². The number of amides is 1. The van der Waals surface area contributed by atoms with Gasteiger partial charge in [0, 0.05) is 10.6 Å². The van der Waals surface area contributed by atoms with Gasteiger partial charge < -0.3 is 11.1 Å². The fourth-order valence-electron chi connectivity index (χ4n) is 1.35. The van der Waals surface area contributed by atoms with E-state index in [-0.39, 0.29) is 11.7 Å². The van der Waals surface area contributed by atoms with Gasteiger partial charge >= 0.3 is 0 Å². The first-order chi connectivity index (χ1) is 8.16. The van der Waals surface area contributed by atoms with Gasteiger partial charge in [0.25, 0.3) is 0 Å². The summed E-state index contributed by atoms with van der Waals surface area (Å²) in [5.74, 6) is -0.649. The number of rotatable bonds is 3. The Morgan fingerprint density at radius 3 is 2.59 bits per heavy atom. The quantitative estimate of drug-likeness (QED) is 0.879. The zero-order chi connectivity index (χ0) is 12.3. The van der Waals surface area contributed by atoms with E-state index in [1.807, 2.05) is 11.4 Å². The lowest BCUT2D eigenvalue weighted by Crippen LogP contribution is -2.26. The molecule has 1 amide bonds. The average Bonchev–Trinajstić information content (AvgIpc) is 2.84. The second-order valence-electron chi connectivity index (χ2n) is 3.49. The smallest absolute Gasteiger partial charge is 0.246 e. The van der Waals surface area contributed by atoms with Crippen molar-refractivity contribution in [2.45, 2.75) is 6.04 Å². The summed E-state index contributed by atoms with van der Waals surface area (Å²) in [5, 5.41) is 4.49. The maximum absolute atomic E-state index is 12.7. The second kappa shape index (κ2) is 5.07. The van der Waals surface area contributed by atoms with Gasteiger partial charge in [0.15, 0.2) is 0 Å². The van der Waals surface area contributed by atoms with Crippen LogP contribution in [0.4, 0.5) is 10.1 Å². The Bertz CT molecular complexity index is 496. The molecule has 3 nitrogen and oxygen atoms in total. The minimum atomic E-state index is -0.694. The van der Waals surface area contributed by atoms with Crippen molar-refractivity contribution in [2.75, 3.05) is 5.32 Å². The zero-order valence-corrected chi connectivity index (χ0v) is 9.71. The van der Waals surface area contributed by atoms with Crippen LogP contribution in [-0.4, -0.2) is 5.91 Å². The predicted molar refractivity (Wildman–Crippen MR) is 66.3 cm³/mol. The molecule has 0 aliphatic carbocycles. The lowest BCUT2D eigenvalue weighted by molar-refractivity contribution is -0.117. The van der Waals surface area contributed by atoms with Crippen molar-refractivity contribution in [2.24, 2.45) is 5.73 Å². The van der Waals surface area contributed by atoms with Crippen molar-refractivity contribution in [3.8, 4) is 0 Å². The molecule has 0 aliphatic heterocycles. The maximum atomic E-state index is 12.7. The van der Waals surface area contributed by atoms with Crippen molar-refractivity contribution in [1.29, 1.82) is 0 Å². The Morgan fingerprint density at radius 2 is 2.00 bits per heavy atom. The van der Waals surface area contributed by atoms with Crippen LogP contribution in [0.3, 0.4) is 0 Å². The molecule has 1 atom stereocenters. The van der Waals surface area contributed by atoms with Crippen molar-refractivity contribution in [1.82, 2.24) is 0 Å². The summed E-state index contributed by atoms with van der Waals surface area (Å²) in [5.41, 5.74) is 6.32. The average molecular weight is 250 g/mol. The highest BCUT2D eigenvalue weighted by Gasteiger charge is 2.16. The third kappa shape index (κ3) is 2.89. The van der Waals surface area contributed by atoms with E-state index in [0.717, 1.165) is 4.88 Å². The number of carbonyl (C=O) groups is 1. The molecule has 2 aromatic rings. The Balaban J connectivity index is 2.04. The summed E-state index contributed by atoms with van der Waals surface area (Å²) in [7, 11) is 0. The van der Waals surface area contributed by atoms with Crippen LogP contribution in [0.2, 0.25) is 0 Å². The van der Waals surface area contributed by atoms with Gasteiger partial charge in [-0.2, -0.15) is 0 Å². The fraction of sp³-hybridized carbons (Fsp3) is 0.0833. The number of halogens is 1. The molecule has 17 heavy (non-hydrogen) atoms. The molecule has 0 aliphatic rings. The normalized spacial score (nSPS) is 12.1.